The van der Waals surface area contributed by atoms with Gasteiger partial charge in [-0.1, -0.05) is 0 Å². The molecule has 0 aliphatic rings. The van der Waals surface area contributed by atoms with Gasteiger partial charge in [0.05, 0.1) is 12.2 Å². The Morgan fingerprint density at radius 2 is 2.29 bits per heavy atom. The van der Waals surface area contributed by atoms with Gasteiger partial charge in [-0.25, -0.2) is 0 Å². The van der Waals surface area contributed by atoms with E-state index in [0.717, 1.165) is 4.90 Å². The van der Waals surface area contributed by atoms with Crippen LogP contribution in [0.1, 0.15) is 10.4 Å². The number of halogens is 1. The summed E-state index contributed by atoms with van der Waals surface area (Å²) >= 11 is 7.40. The first-order chi connectivity index (χ1) is 6.65. The topological polar surface area (TPSA) is 49.3 Å². The minimum atomic E-state index is -0.221. The molecule has 1 aromatic carbocycles. The van der Waals surface area contributed by atoms with E-state index in [2.05, 4.69) is 33.9 Å². The van der Waals surface area contributed by atoms with E-state index in [-0.39, 0.29) is 19.1 Å². The first-order valence-corrected chi connectivity index (χ1v) is 5.26. The SMILES string of the molecule is O=C(NCCO)c1cc(S)ccc1Br. The third-order valence-electron chi connectivity index (χ3n) is 1.59. The molecule has 5 heteroatoms. The molecule has 0 saturated heterocycles. The zero-order valence-electron chi connectivity index (χ0n) is 7.33. The Labute approximate surface area is 96.1 Å². The smallest absolute Gasteiger partial charge is 0.252 e. The van der Waals surface area contributed by atoms with Crippen molar-refractivity contribution in [2.75, 3.05) is 13.2 Å². The first kappa shape index (κ1) is 11.6. The molecule has 0 heterocycles. The van der Waals surface area contributed by atoms with E-state index >= 15 is 0 Å². The third-order valence-corrected chi connectivity index (χ3v) is 2.56. The average molecular weight is 276 g/mol. The molecule has 1 rings (SSSR count). The highest BCUT2D eigenvalue weighted by molar-refractivity contribution is 9.10. The quantitative estimate of drug-likeness (QED) is 0.732. The van der Waals surface area contributed by atoms with Crippen LogP contribution in [0.3, 0.4) is 0 Å². The van der Waals surface area contributed by atoms with Gasteiger partial charge < -0.3 is 10.4 Å². The fourth-order valence-corrected chi connectivity index (χ4v) is 1.58. The number of nitrogens with one attached hydrogen (secondary N) is 1. The summed E-state index contributed by atoms with van der Waals surface area (Å²) in [6, 6.07) is 5.21. The number of amides is 1. The summed E-state index contributed by atoms with van der Waals surface area (Å²) in [6.07, 6.45) is 0. The molecule has 2 N–H and O–H groups in total. The molecule has 0 aliphatic heterocycles. The molecule has 0 radical (unpaired) electrons. The predicted octanol–water partition coefficient (Wildman–Crippen LogP) is 1.46. The van der Waals surface area contributed by atoms with Gasteiger partial charge in [0.15, 0.2) is 0 Å². The van der Waals surface area contributed by atoms with Crippen molar-refractivity contribution in [1.82, 2.24) is 5.32 Å². The van der Waals surface area contributed by atoms with E-state index in [1.165, 1.54) is 0 Å². The zero-order chi connectivity index (χ0) is 10.6. The number of aliphatic hydroxyl groups excluding tert-OH is 1. The zero-order valence-corrected chi connectivity index (χ0v) is 9.81. The summed E-state index contributed by atoms with van der Waals surface area (Å²) < 4.78 is 0.714. The predicted molar refractivity (Wildman–Crippen MR) is 60.8 cm³/mol. The van der Waals surface area contributed by atoms with Gasteiger partial charge in [0, 0.05) is 15.9 Å². The average Bonchev–Trinajstić information content (AvgIpc) is 2.18. The minimum absolute atomic E-state index is 0.0656. The molecule has 0 aromatic heterocycles. The third kappa shape index (κ3) is 3.01. The minimum Gasteiger partial charge on any atom is -0.395 e. The highest BCUT2D eigenvalue weighted by Crippen LogP contribution is 2.19. The Morgan fingerprint density at radius 1 is 1.57 bits per heavy atom. The summed E-state index contributed by atoms with van der Waals surface area (Å²) in [5.41, 5.74) is 0.519. The second-order valence-corrected chi connectivity index (χ2v) is 4.01. The van der Waals surface area contributed by atoms with Crippen LogP contribution in [0.5, 0.6) is 0 Å². The van der Waals surface area contributed by atoms with Crippen LogP contribution >= 0.6 is 28.6 Å². The fourth-order valence-electron chi connectivity index (χ4n) is 0.952. The van der Waals surface area contributed by atoms with Gasteiger partial charge in [-0.3, -0.25) is 4.79 Å². The molecule has 0 bridgehead atoms. The van der Waals surface area contributed by atoms with Crippen LogP contribution in [0.15, 0.2) is 27.6 Å². The molecule has 0 spiro atoms. The van der Waals surface area contributed by atoms with Crippen molar-refractivity contribution in [2.45, 2.75) is 4.90 Å². The second-order valence-electron chi connectivity index (χ2n) is 2.64. The van der Waals surface area contributed by atoms with Gasteiger partial charge in [-0.15, -0.1) is 12.6 Å². The molecule has 0 unspecified atom stereocenters. The van der Waals surface area contributed by atoms with E-state index in [0.29, 0.717) is 10.0 Å². The molecule has 76 valence electrons. The maximum Gasteiger partial charge on any atom is 0.252 e. The van der Waals surface area contributed by atoms with Crippen LogP contribution in [-0.2, 0) is 0 Å². The van der Waals surface area contributed by atoms with Crippen molar-refractivity contribution in [2.24, 2.45) is 0 Å². The van der Waals surface area contributed by atoms with E-state index in [4.69, 9.17) is 5.11 Å². The normalized spacial score (nSPS) is 9.93. The molecule has 1 amide bonds. The van der Waals surface area contributed by atoms with Crippen molar-refractivity contribution < 1.29 is 9.90 Å². The summed E-state index contributed by atoms with van der Waals surface area (Å²) in [5.74, 6) is -0.221. The molecule has 0 saturated carbocycles. The second kappa shape index (κ2) is 5.38. The van der Waals surface area contributed by atoms with Gasteiger partial charge >= 0.3 is 0 Å². The Balaban J connectivity index is 2.83. The van der Waals surface area contributed by atoms with Crippen LogP contribution in [0.25, 0.3) is 0 Å². The van der Waals surface area contributed by atoms with E-state index in [1.807, 2.05) is 0 Å². The Hall–Kier alpha value is -0.520. The van der Waals surface area contributed by atoms with Crippen LogP contribution in [0.2, 0.25) is 0 Å². The molecular weight excluding hydrogens is 266 g/mol. The van der Waals surface area contributed by atoms with E-state index in [1.54, 1.807) is 18.2 Å². The lowest BCUT2D eigenvalue weighted by Gasteiger charge is -2.05. The van der Waals surface area contributed by atoms with Crippen molar-refractivity contribution in [1.29, 1.82) is 0 Å². The lowest BCUT2D eigenvalue weighted by atomic mass is 10.2. The van der Waals surface area contributed by atoms with Crippen LogP contribution in [-0.4, -0.2) is 24.2 Å². The van der Waals surface area contributed by atoms with E-state index < -0.39 is 0 Å². The highest BCUT2D eigenvalue weighted by atomic mass is 79.9. The largest absolute Gasteiger partial charge is 0.395 e. The number of aliphatic hydroxyl groups is 1. The molecule has 1 aromatic rings. The van der Waals surface area contributed by atoms with Gasteiger partial charge in [0.1, 0.15) is 0 Å². The number of carbonyl (C=O) groups excluding carboxylic acids is 1. The molecule has 0 atom stereocenters. The van der Waals surface area contributed by atoms with Crippen LogP contribution < -0.4 is 5.32 Å². The summed E-state index contributed by atoms with van der Waals surface area (Å²) in [7, 11) is 0. The summed E-state index contributed by atoms with van der Waals surface area (Å²) in [6.45, 7) is 0.187. The standard InChI is InChI=1S/C9H10BrNO2S/c10-8-2-1-6(14)5-7(8)9(13)11-3-4-12/h1-2,5,12,14H,3-4H2,(H,11,13). The molecule has 0 aliphatic carbocycles. The van der Waals surface area contributed by atoms with Crippen molar-refractivity contribution in [3.8, 4) is 0 Å². The number of thiol groups is 1. The number of hydrogen-bond donors (Lipinski definition) is 3. The number of hydrogen-bond acceptors (Lipinski definition) is 3. The summed E-state index contributed by atoms with van der Waals surface area (Å²) in [5, 5.41) is 11.1. The van der Waals surface area contributed by atoms with E-state index in [9.17, 15) is 4.79 Å². The van der Waals surface area contributed by atoms with Gasteiger partial charge in [-0.05, 0) is 34.1 Å². The maximum atomic E-state index is 11.5. The maximum absolute atomic E-state index is 11.5. The Kier molecular flexibility index (Phi) is 4.44. The first-order valence-electron chi connectivity index (χ1n) is 4.02. The number of benzene rings is 1. The van der Waals surface area contributed by atoms with Crippen molar-refractivity contribution in [3.63, 3.8) is 0 Å². The molecule has 14 heavy (non-hydrogen) atoms. The number of rotatable bonds is 3. The lowest BCUT2D eigenvalue weighted by molar-refractivity contribution is 0.0944. The van der Waals surface area contributed by atoms with Crippen LogP contribution in [0, 0.1) is 0 Å². The van der Waals surface area contributed by atoms with Crippen molar-refractivity contribution in [3.05, 3.63) is 28.2 Å². The highest BCUT2D eigenvalue weighted by Gasteiger charge is 2.08. The summed E-state index contributed by atoms with van der Waals surface area (Å²) in [4.78, 5) is 12.2. The molecule has 3 nitrogen and oxygen atoms in total. The molecular formula is C9H10BrNO2S. The van der Waals surface area contributed by atoms with Gasteiger partial charge in [0.2, 0.25) is 0 Å². The Bertz CT molecular complexity index is 344. The number of carbonyl (C=O) groups is 1. The Morgan fingerprint density at radius 3 is 2.93 bits per heavy atom. The fraction of sp³-hybridized carbons (Fsp3) is 0.222. The monoisotopic (exact) mass is 275 g/mol. The lowest BCUT2D eigenvalue weighted by Crippen LogP contribution is -2.26. The van der Waals surface area contributed by atoms with Gasteiger partial charge in [0.25, 0.3) is 5.91 Å². The van der Waals surface area contributed by atoms with Crippen molar-refractivity contribution >= 4 is 34.5 Å². The van der Waals surface area contributed by atoms with Gasteiger partial charge in [-0.2, -0.15) is 0 Å². The molecule has 0 fully saturated rings. The van der Waals surface area contributed by atoms with Crippen LogP contribution in [0.4, 0.5) is 0 Å².